The van der Waals surface area contributed by atoms with Crippen molar-refractivity contribution in [3.8, 4) is 0 Å². The monoisotopic (exact) mass is 210 g/mol. The summed E-state index contributed by atoms with van der Waals surface area (Å²) >= 11 is 0. The molecule has 0 amide bonds. The molecule has 0 spiro atoms. The lowest BCUT2D eigenvalue weighted by atomic mass is 10.2. The number of nitrogen functional groups attached to an aromatic ring is 1. The number of likely N-dealkylation sites (N-methyl/N-ethyl adjacent to an activating group) is 1. The molecule has 0 atom stereocenters. The van der Waals surface area contributed by atoms with Crippen molar-refractivity contribution in [2.45, 2.75) is 13.5 Å². The van der Waals surface area contributed by atoms with E-state index in [2.05, 4.69) is 22.2 Å². The zero-order valence-corrected chi connectivity index (χ0v) is 8.98. The van der Waals surface area contributed by atoms with Crippen LogP contribution in [-0.4, -0.2) is 34.7 Å². The Balaban J connectivity index is 2.55. The summed E-state index contributed by atoms with van der Waals surface area (Å²) < 4.78 is 0. The second kappa shape index (κ2) is 6.34. The van der Waals surface area contributed by atoms with Gasteiger partial charge in [-0.3, -0.25) is 4.90 Å². The van der Waals surface area contributed by atoms with Crippen molar-refractivity contribution in [2.75, 3.05) is 25.1 Å². The number of nitrogens with zero attached hydrogens (tertiary/aromatic N) is 2. The molecule has 0 fully saturated rings. The molecule has 5 nitrogen and oxygen atoms in total. The standard InChI is InChI=1S/C10H18N4O/c1-2-14(5-6-15)8-9-3-4-10(13-11)12-7-9/h3-4,7,15H,2,5-6,8,11H2,1H3,(H,12,13). The van der Waals surface area contributed by atoms with E-state index in [-0.39, 0.29) is 6.61 Å². The van der Waals surface area contributed by atoms with Gasteiger partial charge in [0.2, 0.25) is 0 Å². The number of aliphatic hydroxyl groups is 1. The largest absolute Gasteiger partial charge is 0.395 e. The zero-order chi connectivity index (χ0) is 11.1. The van der Waals surface area contributed by atoms with Gasteiger partial charge >= 0.3 is 0 Å². The maximum absolute atomic E-state index is 8.84. The molecular formula is C10H18N4O. The van der Waals surface area contributed by atoms with Crippen LogP contribution in [0.15, 0.2) is 18.3 Å². The molecule has 84 valence electrons. The van der Waals surface area contributed by atoms with E-state index >= 15 is 0 Å². The molecule has 1 heterocycles. The first-order chi connectivity index (χ1) is 7.30. The van der Waals surface area contributed by atoms with E-state index in [9.17, 15) is 0 Å². The van der Waals surface area contributed by atoms with Gasteiger partial charge in [0.1, 0.15) is 5.82 Å². The Hall–Kier alpha value is -1.17. The third-order valence-electron chi connectivity index (χ3n) is 2.24. The quantitative estimate of drug-likeness (QED) is 0.461. The molecule has 1 rings (SSSR count). The van der Waals surface area contributed by atoms with Crippen LogP contribution in [0.4, 0.5) is 5.82 Å². The second-order valence-corrected chi connectivity index (χ2v) is 3.29. The van der Waals surface area contributed by atoms with Crippen molar-refractivity contribution in [3.63, 3.8) is 0 Å². The van der Waals surface area contributed by atoms with Gasteiger partial charge in [0, 0.05) is 19.3 Å². The van der Waals surface area contributed by atoms with Gasteiger partial charge in [-0.05, 0) is 18.2 Å². The highest BCUT2D eigenvalue weighted by Crippen LogP contribution is 2.06. The number of aromatic nitrogens is 1. The van der Waals surface area contributed by atoms with Gasteiger partial charge in [0.15, 0.2) is 0 Å². The molecule has 0 aliphatic rings. The number of anilines is 1. The van der Waals surface area contributed by atoms with E-state index in [1.807, 2.05) is 12.1 Å². The highest BCUT2D eigenvalue weighted by Gasteiger charge is 2.02. The van der Waals surface area contributed by atoms with Crippen molar-refractivity contribution in [1.29, 1.82) is 0 Å². The van der Waals surface area contributed by atoms with Crippen molar-refractivity contribution in [1.82, 2.24) is 9.88 Å². The fourth-order valence-corrected chi connectivity index (χ4v) is 1.35. The molecule has 0 aliphatic carbocycles. The van der Waals surface area contributed by atoms with Crippen LogP contribution in [0.3, 0.4) is 0 Å². The molecule has 15 heavy (non-hydrogen) atoms. The number of nitrogens with two attached hydrogens (primary N) is 1. The molecule has 1 aromatic rings. The predicted octanol–water partition coefficient (Wildman–Crippen LogP) is 0.181. The predicted molar refractivity (Wildman–Crippen MR) is 60.1 cm³/mol. The first-order valence-corrected chi connectivity index (χ1v) is 5.05. The number of rotatable bonds is 6. The Morgan fingerprint density at radius 1 is 1.53 bits per heavy atom. The molecule has 0 aromatic carbocycles. The van der Waals surface area contributed by atoms with Crippen LogP contribution in [0.2, 0.25) is 0 Å². The van der Waals surface area contributed by atoms with E-state index in [0.717, 1.165) is 18.7 Å². The van der Waals surface area contributed by atoms with Crippen LogP contribution in [0.1, 0.15) is 12.5 Å². The molecule has 0 unspecified atom stereocenters. The van der Waals surface area contributed by atoms with Crippen molar-refractivity contribution < 1.29 is 5.11 Å². The summed E-state index contributed by atoms with van der Waals surface area (Å²) in [5, 5.41) is 8.84. The molecular weight excluding hydrogens is 192 g/mol. The lowest BCUT2D eigenvalue weighted by Gasteiger charge is -2.18. The van der Waals surface area contributed by atoms with Crippen LogP contribution in [0, 0.1) is 0 Å². The summed E-state index contributed by atoms with van der Waals surface area (Å²) in [4.78, 5) is 6.26. The SMILES string of the molecule is CCN(CCO)Cc1ccc(NN)nc1. The number of aliphatic hydroxyl groups excluding tert-OH is 1. The first kappa shape index (κ1) is 11.9. The van der Waals surface area contributed by atoms with Crippen LogP contribution < -0.4 is 11.3 Å². The third kappa shape index (κ3) is 3.83. The Labute approximate surface area is 89.9 Å². The highest BCUT2D eigenvalue weighted by molar-refractivity contribution is 5.33. The Kier molecular flexibility index (Phi) is 5.03. The molecule has 0 aliphatic heterocycles. The Morgan fingerprint density at radius 2 is 2.33 bits per heavy atom. The second-order valence-electron chi connectivity index (χ2n) is 3.29. The van der Waals surface area contributed by atoms with E-state index in [0.29, 0.717) is 12.4 Å². The number of pyridine rings is 1. The average molecular weight is 210 g/mol. The lowest BCUT2D eigenvalue weighted by molar-refractivity contribution is 0.196. The van der Waals surface area contributed by atoms with Crippen molar-refractivity contribution in [2.24, 2.45) is 5.84 Å². The maximum atomic E-state index is 8.84. The minimum Gasteiger partial charge on any atom is -0.395 e. The Bertz CT molecular complexity index is 275. The molecule has 5 heteroatoms. The van der Waals surface area contributed by atoms with E-state index < -0.39 is 0 Å². The van der Waals surface area contributed by atoms with E-state index in [4.69, 9.17) is 10.9 Å². The maximum Gasteiger partial charge on any atom is 0.139 e. The molecule has 0 radical (unpaired) electrons. The average Bonchev–Trinajstić information content (AvgIpc) is 2.29. The fraction of sp³-hybridized carbons (Fsp3) is 0.500. The summed E-state index contributed by atoms with van der Waals surface area (Å²) in [6.45, 7) is 4.66. The van der Waals surface area contributed by atoms with Gasteiger partial charge in [0.25, 0.3) is 0 Å². The summed E-state index contributed by atoms with van der Waals surface area (Å²) in [5.74, 6) is 5.88. The van der Waals surface area contributed by atoms with Gasteiger partial charge in [-0.1, -0.05) is 13.0 Å². The number of hydrogen-bond donors (Lipinski definition) is 3. The van der Waals surface area contributed by atoms with Crippen LogP contribution >= 0.6 is 0 Å². The summed E-state index contributed by atoms with van der Waals surface area (Å²) in [7, 11) is 0. The van der Waals surface area contributed by atoms with Crippen LogP contribution in [0.25, 0.3) is 0 Å². The van der Waals surface area contributed by atoms with E-state index in [1.165, 1.54) is 0 Å². The lowest BCUT2D eigenvalue weighted by Crippen LogP contribution is -2.26. The van der Waals surface area contributed by atoms with Crippen LogP contribution in [0.5, 0.6) is 0 Å². The fourth-order valence-electron chi connectivity index (χ4n) is 1.35. The summed E-state index contributed by atoms with van der Waals surface area (Å²) in [6, 6.07) is 3.81. The van der Waals surface area contributed by atoms with Gasteiger partial charge in [0.05, 0.1) is 6.61 Å². The number of hydrazine groups is 1. The summed E-state index contributed by atoms with van der Waals surface area (Å²) in [6.07, 6.45) is 1.79. The molecule has 0 bridgehead atoms. The summed E-state index contributed by atoms with van der Waals surface area (Å²) in [5.41, 5.74) is 3.60. The van der Waals surface area contributed by atoms with E-state index in [1.54, 1.807) is 6.20 Å². The minimum atomic E-state index is 0.184. The molecule has 1 aromatic heterocycles. The number of nitrogens with one attached hydrogen (secondary N) is 1. The topological polar surface area (TPSA) is 74.4 Å². The van der Waals surface area contributed by atoms with Crippen molar-refractivity contribution in [3.05, 3.63) is 23.9 Å². The van der Waals surface area contributed by atoms with Gasteiger partial charge in [-0.25, -0.2) is 10.8 Å². The zero-order valence-electron chi connectivity index (χ0n) is 8.98. The molecule has 4 N–H and O–H groups in total. The Morgan fingerprint density at radius 3 is 2.80 bits per heavy atom. The van der Waals surface area contributed by atoms with Crippen LogP contribution in [-0.2, 0) is 6.54 Å². The smallest absolute Gasteiger partial charge is 0.139 e. The third-order valence-corrected chi connectivity index (χ3v) is 2.24. The molecule has 0 saturated carbocycles. The normalized spacial score (nSPS) is 10.7. The molecule has 0 saturated heterocycles. The van der Waals surface area contributed by atoms with Crippen molar-refractivity contribution >= 4 is 5.82 Å². The number of hydrogen-bond acceptors (Lipinski definition) is 5. The first-order valence-electron chi connectivity index (χ1n) is 5.05. The van der Waals surface area contributed by atoms with Gasteiger partial charge in [-0.2, -0.15) is 0 Å². The van der Waals surface area contributed by atoms with Gasteiger partial charge in [-0.15, -0.1) is 0 Å². The highest BCUT2D eigenvalue weighted by atomic mass is 16.3. The minimum absolute atomic E-state index is 0.184. The van der Waals surface area contributed by atoms with Gasteiger partial charge < -0.3 is 10.5 Å².